The van der Waals surface area contributed by atoms with Crippen molar-refractivity contribution in [3.05, 3.63) is 81.9 Å². The number of thioether (sulfide) groups is 2. The number of fused-ring (bicyclic) bond motifs is 1. The summed E-state index contributed by atoms with van der Waals surface area (Å²) in [6, 6.07) is 8.36. The van der Waals surface area contributed by atoms with Crippen LogP contribution in [0.5, 0.6) is 5.75 Å². The maximum absolute atomic E-state index is 14.1. The molecule has 7 N–H and O–H groups in total. The number of β-lactam (4-membered cyclic amide) rings is 1. The number of rotatable bonds is 14. The zero-order valence-electron chi connectivity index (χ0n) is 29.2. The van der Waals surface area contributed by atoms with Crippen molar-refractivity contribution in [2.24, 2.45) is 5.73 Å². The Morgan fingerprint density at radius 2 is 1.85 bits per heavy atom. The van der Waals surface area contributed by atoms with E-state index in [1.54, 1.807) is 12.1 Å². The van der Waals surface area contributed by atoms with Gasteiger partial charge in [-0.3, -0.25) is 34.0 Å². The second-order valence-electron chi connectivity index (χ2n) is 11.8. The minimum atomic E-state index is -1.65. The first-order valence-electron chi connectivity index (χ1n) is 15.7. The standard InChI is InChI=1S/C32H31N11O8S3.Na/c1-41(2)18-7-5-17(6-8-18)36-30-34-11-20(24(46)38-30)42(29(33)51)22(15-3-9-19(45)10-4-15)25(47)37-21-26(48)43-23(28(49)50)16(12-52-27(21)43)13-53-32-40-39-31(54-32)35-14-44;/h3-11,14,21-22,27,45H,12-13H2,1-2H3,(H2,33,51)(H,37,47)(H,49,50)(H,35,39,44)(H2,34,36,38,46);/q;+1/p-1/t21?,22?,27-;/m1./s1. The van der Waals surface area contributed by atoms with Gasteiger partial charge in [-0.1, -0.05) is 35.2 Å². The zero-order valence-corrected chi connectivity index (χ0v) is 33.7. The maximum Gasteiger partial charge on any atom is 1.00 e. The average molecular weight is 816 g/mol. The van der Waals surface area contributed by atoms with Crippen LogP contribution in [0.15, 0.2) is 75.1 Å². The molecule has 55 heavy (non-hydrogen) atoms. The predicted molar refractivity (Wildman–Crippen MR) is 199 cm³/mol. The van der Waals surface area contributed by atoms with Crippen LogP contribution >= 0.6 is 34.9 Å². The number of benzene rings is 2. The fourth-order valence-electron chi connectivity index (χ4n) is 5.60. The van der Waals surface area contributed by atoms with Crippen LogP contribution in [0.25, 0.3) is 0 Å². The fourth-order valence-corrected chi connectivity index (χ4v) is 8.80. The number of anilines is 5. The van der Waals surface area contributed by atoms with Crippen LogP contribution in [0, 0.1) is 0 Å². The summed E-state index contributed by atoms with van der Waals surface area (Å²) in [6.07, 6.45) is 1.51. The summed E-state index contributed by atoms with van der Waals surface area (Å²) in [4.78, 5) is 87.5. The number of nitrogens with two attached hydrogens (primary N) is 1. The van der Waals surface area contributed by atoms with E-state index in [0.717, 1.165) is 39.9 Å². The molecule has 23 heteroatoms. The number of amides is 5. The number of aromatic nitrogens is 4. The smallest absolute Gasteiger partial charge is 0.543 e. The summed E-state index contributed by atoms with van der Waals surface area (Å²) in [5.74, 6) is -3.12. The molecule has 1 saturated heterocycles. The van der Waals surface area contributed by atoms with E-state index in [1.807, 2.05) is 31.1 Å². The van der Waals surface area contributed by atoms with Gasteiger partial charge >= 0.3 is 35.6 Å². The molecule has 0 spiro atoms. The Bertz CT molecular complexity index is 2200. The molecule has 1 fully saturated rings. The number of hydrogen-bond donors (Lipinski definition) is 6. The number of carbonyl (C=O) groups is 5. The molecule has 2 aromatic carbocycles. The van der Waals surface area contributed by atoms with Gasteiger partial charge in [0.1, 0.15) is 28.9 Å². The van der Waals surface area contributed by atoms with Gasteiger partial charge in [0, 0.05) is 37.0 Å². The van der Waals surface area contributed by atoms with Crippen LogP contribution in [-0.4, -0.2) is 97.4 Å². The molecular weight excluding hydrogens is 786 g/mol. The van der Waals surface area contributed by atoms with Gasteiger partial charge in [-0.2, -0.15) is 0 Å². The largest absolute Gasteiger partial charge is 1.00 e. The first-order valence-corrected chi connectivity index (χ1v) is 18.6. The molecular formula is C32H30N11NaO8S3. The van der Waals surface area contributed by atoms with Crippen LogP contribution in [0.1, 0.15) is 11.6 Å². The van der Waals surface area contributed by atoms with Crippen LogP contribution in [0.4, 0.5) is 32.9 Å². The van der Waals surface area contributed by atoms with Gasteiger partial charge in [0.05, 0.1) is 17.9 Å². The SMILES string of the molecule is CN(C)c1ccc(Nc2ncc(N(C(N)=O)C(C(=O)NC3C(=O)N4C(C(=O)[O-])=C(CSc5nnc(NC=O)s5)CS[C@H]34)c3ccc(O)cc3)c(=O)[nH]2)cc1.[Na+]. The number of nitrogens with zero attached hydrogens (tertiary/aromatic N) is 6. The summed E-state index contributed by atoms with van der Waals surface area (Å²) in [7, 11) is 3.78. The van der Waals surface area contributed by atoms with Crippen LogP contribution in [-0.2, 0) is 19.2 Å². The van der Waals surface area contributed by atoms with E-state index in [-0.39, 0.29) is 69.2 Å². The molecule has 6 rings (SSSR count). The number of carboxylic acid groups (broad SMARTS) is 1. The van der Waals surface area contributed by atoms with Gasteiger partial charge in [0.15, 0.2) is 4.34 Å². The van der Waals surface area contributed by atoms with Crippen molar-refractivity contribution in [3.63, 3.8) is 0 Å². The van der Waals surface area contributed by atoms with Crippen molar-refractivity contribution < 1.29 is 63.7 Å². The Morgan fingerprint density at radius 1 is 1.15 bits per heavy atom. The summed E-state index contributed by atoms with van der Waals surface area (Å²) in [5, 5.41) is 37.3. The van der Waals surface area contributed by atoms with E-state index < -0.39 is 52.5 Å². The van der Waals surface area contributed by atoms with Gasteiger partial charge in [-0.25, -0.2) is 9.78 Å². The molecule has 2 aliphatic heterocycles. The third kappa shape index (κ3) is 8.89. The number of carbonyl (C=O) groups excluding carboxylic acids is 5. The minimum Gasteiger partial charge on any atom is -0.543 e. The van der Waals surface area contributed by atoms with E-state index in [0.29, 0.717) is 26.9 Å². The quantitative estimate of drug-likeness (QED) is 0.0253. The number of hydrogen-bond acceptors (Lipinski definition) is 16. The van der Waals surface area contributed by atoms with Gasteiger partial charge in [0.2, 0.25) is 23.4 Å². The molecule has 5 amide bonds. The van der Waals surface area contributed by atoms with Gasteiger partial charge in [-0.05, 0) is 47.5 Å². The van der Waals surface area contributed by atoms with Gasteiger partial charge in [0.25, 0.3) is 11.5 Å². The van der Waals surface area contributed by atoms with Crippen molar-refractivity contribution in [3.8, 4) is 5.75 Å². The molecule has 2 aliphatic rings. The van der Waals surface area contributed by atoms with Crippen molar-refractivity contribution in [1.29, 1.82) is 0 Å². The summed E-state index contributed by atoms with van der Waals surface area (Å²) in [6.45, 7) is 0. The van der Waals surface area contributed by atoms with Crippen molar-refractivity contribution in [1.82, 2.24) is 30.4 Å². The van der Waals surface area contributed by atoms with Crippen LogP contribution in [0.2, 0.25) is 0 Å². The molecule has 2 aromatic heterocycles. The maximum atomic E-state index is 14.1. The molecule has 4 heterocycles. The molecule has 0 saturated carbocycles. The molecule has 0 radical (unpaired) electrons. The average Bonchev–Trinajstić information content (AvgIpc) is 3.59. The van der Waals surface area contributed by atoms with Gasteiger partial charge in [-0.15, -0.1) is 22.0 Å². The number of nitrogens with one attached hydrogen (secondary N) is 4. The van der Waals surface area contributed by atoms with E-state index >= 15 is 0 Å². The normalized spacial score (nSPS) is 16.5. The van der Waals surface area contributed by atoms with Crippen molar-refractivity contribution >= 4 is 93.2 Å². The van der Waals surface area contributed by atoms with Crippen molar-refractivity contribution in [2.75, 3.05) is 46.0 Å². The minimum absolute atomic E-state index is 0. The number of primary amides is 1. The van der Waals surface area contributed by atoms with E-state index in [2.05, 4.69) is 36.1 Å². The molecule has 0 aliphatic carbocycles. The Balaban J connectivity index is 0.00000580. The van der Waals surface area contributed by atoms with Crippen molar-refractivity contribution in [2.45, 2.75) is 21.8 Å². The Hall–Kier alpha value is -5.13. The third-order valence-corrected chi connectivity index (χ3v) is 11.6. The molecule has 19 nitrogen and oxygen atoms in total. The second-order valence-corrected chi connectivity index (χ2v) is 15.1. The zero-order chi connectivity index (χ0) is 38.7. The number of phenolic OH excluding ortho intramolecular Hbond substituents is 1. The third-order valence-electron chi connectivity index (χ3n) is 8.14. The fraction of sp³-hybridized carbons (Fsp3) is 0.219. The van der Waals surface area contributed by atoms with E-state index in [9.17, 15) is 39.0 Å². The molecule has 280 valence electrons. The molecule has 2 unspecified atom stereocenters. The topological polar surface area (TPSA) is 272 Å². The first-order chi connectivity index (χ1) is 25.9. The van der Waals surface area contributed by atoms with E-state index in [1.165, 1.54) is 36.0 Å². The predicted octanol–water partition coefficient (Wildman–Crippen LogP) is -2.47. The molecule has 4 aromatic rings. The first kappa shape index (κ1) is 41.0. The number of phenols is 1. The Labute approximate surface area is 346 Å². The number of aromatic amines is 1. The summed E-state index contributed by atoms with van der Waals surface area (Å²) in [5.41, 5.74) is 6.24. The van der Waals surface area contributed by atoms with E-state index in [4.69, 9.17) is 5.73 Å². The van der Waals surface area contributed by atoms with Gasteiger partial charge < -0.3 is 41.6 Å². The Kier molecular flexibility index (Phi) is 13.1. The summed E-state index contributed by atoms with van der Waals surface area (Å²) >= 11 is 3.44. The van der Waals surface area contributed by atoms with Crippen LogP contribution in [0.3, 0.4) is 0 Å². The summed E-state index contributed by atoms with van der Waals surface area (Å²) < 4.78 is 0.450. The molecule has 0 bridgehead atoms. The Morgan fingerprint density at radius 3 is 2.47 bits per heavy atom. The number of aromatic hydroxyl groups is 1. The monoisotopic (exact) mass is 815 g/mol. The number of aliphatic carboxylic acids is 1. The number of urea groups is 1. The van der Waals surface area contributed by atoms with Crippen LogP contribution < -0.4 is 71.7 Å². The second kappa shape index (κ2) is 17.6. The number of H-pyrrole nitrogens is 1. The molecule has 3 atom stereocenters. The number of carboxylic acids is 1.